The average Bonchev–Trinajstić information content (AvgIpc) is 2.23. The maximum Gasteiger partial charge on any atom is 0.0595 e. The van der Waals surface area contributed by atoms with E-state index >= 15 is 0 Å². The number of halogens is 3. The van der Waals surface area contributed by atoms with E-state index in [1.54, 1.807) is 0 Å². The Morgan fingerprint density at radius 3 is 2.44 bits per heavy atom. The lowest BCUT2D eigenvalue weighted by Gasteiger charge is -2.14. The fraction of sp³-hybridized carbons (Fsp3) is 0.538. The van der Waals surface area contributed by atoms with Crippen molar-refractivity contribution in [1.82, 2.24) is 0 Å². The van der Waals surface area contributed by atoms with Gasteiger partial charge in [0.1, 0.15) is 0 Å². The fourth-order valence-corrected chi connectivity index (χ4v) is 2.41. The zero-order valence-corrected chi connectivity index (χ0v) is 11.9. The summed E-state index contributed by atoms with van der Waals surface area (Å²) in [6.45, 7) is 4.41. The van der Waals surface area contributed by atoms with Gasteiger partial charge in [-0.1, -0.05) is 49.5 Å². The molecule has 0 fully saturated rings. The van der Waals surface area contributed by atoms with Crippen LogP contribution in [0.2, 0.25) is 10.0 Å². The molecule has 1 rings (SSSR count). The molecule has 0 saturated heterocycles. The molecular formula is C13H17Cl3. The van der Waals surface area contributed by atoms with Gasteiger partial charge in [0.25, 0.3) is 0 Å². The molecule has 0 heterocycles. The van der Waals surface area contributed by atoms with Crippen LogP contribution in [0.1, 0.15) is 32.3 Å². The minimum absolute atomic E-state index is 0.173. The second-order valence-corrected chi connectivity index (χ2v) is 5.73. The lowest BCUT2D eigenvalue weighted by Crippen LogP contribution is -2.08. The molecule has 0 amide bonds. The fourth-order valence-electron chi connectivity index (χ4n) is 1.61. The van der Waals surface area contributed by atoms with Gasteiger partial charge in [-0.2, -0.15) is 0 Å². The van der Waals surface area contributed by atoms with E-state index in [2.05, 4.69) is 13.8 Å². The minimum atomic E-state index is 0.173. The van der Waals surface area contributed by atoms with Gasteiger partial charge < -0.3 is 0 Å². The molecule has 2 unspecified atom stereocenters. The first kappa shape index (κ1) is 14.2. The van der Waals surface area contributed by atoms with Gasteiger partial charge in [0.15, 0.2) is 0 Å². The van der Waals surface area contributed by atoms with Crippen molar-refractivity contribution >= 4 is 34.8 Å². The highest BCUT2D eigenvalue weighted by molar-refractivity contribution is 6.42. The standard InChI is InChI=1S/C13H17Cl3/c1-3-9(2)6-11(14)7-10-4-5-12(15)13(16)8-10/h4-5,8-9,11H,3,6-7H2,1-2H3. The molecular weight excluding hydrogens is 263 g/mol. The van der Waals surface area contributed by atoms with E-state index < -0.39 is 0 Å². The third kappa shape index (κ3) is 4.53. The van der Waals surface area contributed by atoms with Crippen LogP contribution in [-0.4, -0.2) is 5.38 Å². The smallest absolute Gasteiger partial charge is 0.0595 e. The summed E-state index contributed by atoms with van der Waals surface area (Å²) in [6, 6.07) is 5.71. The summed E-state index contributed by atoms with van der Waals surface area (Å²) in [5.41, 5.74) is 1.15. The summed E-state index contributed by atoms with van der Waals surface area (Å²) >= 11 is 18.1. The Balaban J connectivity index is 2.56. The van der Waals surface area contributed by atoms with Crippen molar-refractivity contribution in [2.75, 3.05) is 0 Å². The van der Waals surface area contributed by atoms with Gasteiger partial charge in [0, 0.05) is 5.38 Å². The Labute approximate surface area is 113 Å². The van der Waals surface area contributed by atoms with E-state index in [1.807, 2.05) is 18.2 Å². The van der Waals surface area contributed by atoms with E-state index in [-0.39, 0.29) is 5.38 Å². The summed E-state index contributed by atoms with van der Waals surface area (Å²) in [5, 5.41) is 1.37. The number of hydrogen-bond acceptors (Lipinski definition) is 0. The monoisotopic (exact) mass is 278 g/mol. The zero-order chi connectivity index (χ0) is 12.1. The Bertz CT molecular complexity index is 336. The second-order valence-electron chi connectivity index (χ2n) is 4.30. The van der Waals surface area contributed by atoms with Crippen molar-refractivity contribution in [3.8, 4) is 0 Å². The van der Waals surface area contributed by atoms with Crippen LogP contribution in [0.15, 0.2) is 18.2 Å². The molecule has 0 N–H and O–H groups in total. The first-order valence-corrected chi connectivity index (χ1v) is 6.80. The first-order chi connectivity index (χ1) is 7.52. The highest BCUT2D eigenvalue weighted by Gasteiger charge is 2.10. The molecule has 0 aliphatic carbocycles. The summed E-state index contributed by atoms with van der Waals surface area (Å²) in [5.74, 6) is 0.672. The van der Waals surface area contributed by atoms with Gasteiger partial charge in [-0.15, -0.1) is 11.6 Å². The topological polar surface area (TPSA) is 0 Å². The Kier molecular flexibility index (Phi) is 5.96. The van der Waals surface area contributed by atoms with E-state index in [0.29, 0.717) is 16.0 Å². The van der Waals surface area contributed by atoms with E-state index in [1.165, 1.54) is 6.42 Å². The Morgan fingerprint density at radius 1 is 1.19 bits per heavy atom. The van der Waals surface area contributed by atoms with Crippen LogP contribution < -0.4 is 0 Å². The molecule has 0 aromatic heterocycles. The normalized spacial score (nSPS) is 14.8. The molecule has 0 spiro atoms. The number of hydrogen-bond donors (Lipinski definition) is 0. The molecule has 90 valence electrons. The van der Waals surface area contributed by atoms with Crippen molar-refractivity contribution in [3.63, 3.8) is 0 Å². The van der Waals surface area contributed by atoms with E-state index in [9.17, 15) is 0 Å². The van der Waals surface area contributed by atoms with Crippen LogP contribution in [0, 0.1) is 5.92 Å². The molecule has 0 aliphatic heterocycles. The molecule has 0 nitrogen and oxygen atoms in total. The zero-order valence-electron chi connectivity index (χ0n) is 9.64. The number of rotatable bonds is 5. The highest BCUT2D eigenvalue weighted by atomic mass is 35.5. The maximum atomic E-state index is 6.31. The van der Waals surface area contributed by atoms with E-state index in [0.717, 1.165) is 18.4 Å². The average molecular weight is 280 g/mol. The van der Waals surface area contributed by atoms with Crippen LogP contribution in [0.25, 0.3) is 0 Å². The Morgan fingerprint density at radius 2 is 1.88 bits per heavy atom. The SMILES string of the molecule is CCC(C)CC(Cl)Cc1ccc(Cl)c(Cl)c1. The largest absolute Gasteiger partial charge is 0.123 e. The molecule has 1 aromatic carbocycles. The molecule has 3 heteroatoms. The van der Waals surface area contributed by atoms with Crippen LogP contribution in [0.4, 0.5) is 0 Å². The molecule has 0 bridgehead atoms. The quantitative estimate of drug-likeness (QED) is 0.617. The van der Waals surface area contributed by atoms with Gasteiger partial charge in [-0.3, -0.25) is 0 Å². The van der Waals surface area contributed by atoms with Crippen LogP contribution in [0.3, 0.4) is 0 Å². The second kappa shape index (κ2) is 6.74. The van der Waals surface area contributed by atoms with Crippen molar-refractivity contribution in [3.05, 3.63) is 33.8 Å². The third-order valence-corrected chi connectivity index (χ3v) is 3.87. The van der Waals surface area contributed by atoms with Gasteiger partial charge in [-0.05, 0) is 36.5 Å². The summed E-state index contributed by atoms with van der Waals surface area (Å²) in [6.07, 6.45) is 3.06. The number of alkyl halides is 1. The summed E-state index contributed by atoms with van der Waals surface area (Å²) in [4.78, 5) is 0. The predicted molar refractivity (Wildman–Crippen MR) is 73.9 cm³/mol. The molecule has 0 aliphatic rings. The number of benzene rings is 1. The predicted octanol–water partition coefficient (Wildman–Crippen LogP) is 5.58. The third-order valence-electron chi connectivity index (χ3n) is 2.80. The van der Waals surface area contributed by atoms with Crippen LogP contribution >= 0.6 is 34.8 Å². The summed E-state index contributed by atoms with van der Waals surface area (Å²) < 4.78 is 0. The Hall–Kier alpha value is 0.0900. The van der Waals surface area contributed by atoms with Crippen molar-refractivity contribution in [2.45, 2.75) is 38.5 Å². The molecule has 16 heavy (non-hydrogen) atoms. The van der Waals surface area contributed by atoms with E-state index in [4.69, 9.17) is 34.8 Å². The van der Waals surface area contributed by atoms with Gasteiger partial charge in [0.2, 0.25) is 0 Å². The van der Waals surface area contributed by atoms with Crippen LogP contribution in [0.5, 0.6) is 0 Å². The maximum absolute atomic E-state index is 6.31. The lowest BCUT2D eigenvalue weighted by molar-refractivity contribution is 0.500. The molecule has 2 atom stereocenters. The van der Waals surface area contributed by atoms with Gasteiger partial charge >= 0.3 is 0 Å². The van der Waals surface area contributed by atoms with Crippen molar-refractivity contribution in [2.24, 2.45) is 5.92 Å². The molecule has 0 saturated carbocycles. The van der Waals surface area contributed by atoms with Gasteiger partial charge in [0.05, 0.1) is 10.0 Å². The van der Waals surface area contributed by atoms with Gasteiger partial charge in [-0.25, -0.2) is 0 Å². The summed E-state index contributed by atoms with van der Waals surface area (Å²) in [7, 11) is 0. The van der Waals surface area contributed by atoms with Crippen molar-refractivity contribution < 1.29 is 0 Å². The highest BCUT2D eigenvalue weighted by Crippen LogP contribution is 2.25. The molecule has 0 radical (unpaired) electrons. The molecule has 1 aromatic rings. The van der Waals surface area contributed by atoms with Crippen molar-refractivity contribution in [1.29, 1.82) is 0 Å². The lowest BCUT2D eigenvalue weighted by atomic mass is 9.99. The first-order valence-electron chi connectivity index (χ1n) is 5.61. The van der Waals surface area contributed by atoms with Crippen LogP contribution in [-0.2, 0) is 6.42 Å². The minimum Gasteiger partial charge on any atom is -0.123 e.